The SMILES string of the molecule is Cn1nc(N)c2c(-c3ccc(NC(=O)c4ccccc4)cc3)cc(C3CC3)nc21. The zero-order valence-electron chi connectivity index (χ0n) is 16.1. The Morgan fingerprint density at radius 2 is 1.83 bits per heavy atom. The average Bonchev–Trinajstić information content (AvgIpc) is 3.55. The van der Waals surface area contributed by atoms with Crippen LogP contribution < -0.4 is 11.1 Å². The summed E-state index contributed by atoms with van der Waals surface area (Å²) in [7, 11) is 1.87. The summed E-state index contributed by atoms with van der Waals surface area (Å²) in [6, 6.07) is 19.1. The second kappa shape index (κ2) is 6.74. The normalized spacial score (nSPS) is 13.6. The van der Waals surface area contributed by atoms with E-state index in [9.17, 15) is 4.79 Å². The molecule has 6 nitrogen and oxygen atoms in total. The van der Waals surface area contributed by atoms with Gasteiger partial charge in [0.25, 0.3) is 5.91 Å². The molecule has 0 saturated heterocycles. The summed E-state index contributed by atoms with van der Waals surface area (Å²) in [5, 5.41) is 8.17. The van der Waals surface area contributed by atoms with E-state index in [-0.39, 0.29) is 5.91 Å². The van der Waals surface area contributed by atoms with Crippen LogP contribution in [0.3, 0.4) is 0 Å². The molecule has 0 unspecified atom stereocenters. The number of fused-ring (bicyclic) bond motifs is 1. The minimum Gasteiger partial charge on any atom is -0.382 e. The molecule has 1 aliphatic carbocycles. The summed E-state index contributed by atoms with van der Waals surface area (Å²) >= 11 is 0. The number of amides is 1. The van der Waals surface area contributed by atoms with E-state index in [4.69, 9.17) is 10.7 Å². The van der Waals surface area contributed by atoms with E-state index in [0.717, 1.165) is 33.5 Å². The minimum absolute atomic E-state index is 0.128. The standard InChI is InChI=1S/C23H21N5O/c1-28-22-20(21(24)27-28)18(13-19(26-22)15-7-8-15)14-9-11-17(12-10-14)25-23(29)16-5-3-2-4-6-16/h2-6,9-13,15H,7-8H2,1H3,(H2,24,27)(H,25,29). The highest BCUT2D eigenvalue weighted by Gasteiger charge is 2.27. The molecule has 5 rings (SSSR count). The van der Waals surface area contributed by atoms with Gasteiger partial charge in [-0.15, -0.1) is 0 Å². The Kier molecular flexibility index (Phi) is 4.05. The Balaban J connectivity index is 1.50. The number of nitrogens with zero attached hydrogens (tertiary/aromatic N) is 3. The number of aromatic nitrogens is 3. The van der Waals surface area contributed by atoms with Crippen LogP contribution in [0.1, 0.15) is 34.8 Å². The molecular weight excluding hydrogens is 362 g/mol. The third-order valence-electron chi connectivity index (χ3n) is 5.33. The fourth-order valence-corrected chi connectivity index (χ4v) is 3.64. The van der Waals surface area contributed by atoms with Crippen LogP contribution in [0, 0.1) is 0 Å². The van der Waals surface area contributed by atoms with Gasteiger partial charge < -0.3 is 11.1 Å². The molecular formula is C23H21N5O. The first-order valence-corrected chi connectivity index (χ1v) is 9.70. The van der Waals surface area contributed by atoms with Crippen LogP contribution in [0.4, 0.5) is 11.5 Å². The first kappa shape index (κ1) is 17.4. The fraction of sp³-hybridized carbons (Fsp3) is 0.174. The van der Waals surface area contributed by atoms with Gasteiger partial charge in [0, 0.05) is 29.9 Å². The van der Waals surface area contributed by atoms with Gasteiger partial charge in [-0.05, 0) is 54.3 Å². The van der Waals surface area contributed by atoms with E-state index >= 15 is 0 Å². The van der Waals surface area contributed by atoms with Crippen molar-refractivity contribution in [1.29, 1.82) is 0 Å². The molecule has 29 heavy (non-hydrogen) atoms. The third kappa shape index (κ3) is 3.23. The van der Waals surface area contributed by atoms with Gasteiger partial charge in [0.05, 0.1) is 5.39 Å². The predicted molar refractivity (Wildman–Crippen MR) is 115 cm³/mol. The van der Waals surface area contributed by atoms with Gasteiger partial charge in [-0.3, -0.25) is 4.79 Å². The van der Waals surface area contributed by atoms with E-state index < -0.39 is 0 Å². The number of nitrogens with one attached hydrogen (secondary N) is 1. The summed E-state index contributed by atoms with van der Waals surface area (Å²) in [5.41, 5.74) is 11.5. The minimum atomic E-state index is -0.128. The highest BCUT2D eigenvalue weighted by Crippen LogP contribution is 2.42. The van der Waals surface area contributed by atoms with E-state index in [0.29, 0.717) is 17.3 Å². The van der Waals surface area contributed by atoms with Gasteiger partial charge >= 0.3 is 0 Å². The van der Waals surface area contributed by atoms with E-state index in [1.54, 1.807) is 16.8 Å². The summed E-state index contributed by atoms with van der Waals surface area (Å²) in [4.78, 5) is 17.2. The second-order valence-corrected chi connectivity index (χ2v) is 7.47. The molecule has 0 aliphatic heterocycles. The van der Waals surface area contributed by atoms with Crippen molar-refractivity contribution in [2.75, 3.05) is 11.1 Å². The summed E-state index contributed by atoms with van der Waals surface area (Å²) in [6.45, 7) is 0. The monoisotopic (exact) mass is 383 g/mol. The van der Waals surface area contributed by atoms with Crippen molar-refractivity contribution < 1.29 is 4.79 Å². The molecule has 1 aliphatic rings. The van der Waals surface area contributed by atoms with Crippen molar-refractivity contribution in [2.24, 2.45) is 7.05 Å². The molecule has 0 radical (unpaired) electrons. The molecule has 6 heteroatoms. The number of anilines is 2. The molecule has 0 bridgehead atoms. The molecule has 2 aromatic heterocycles. The maximum absolute atomic E-state index is 12.4. The maximum atomic E-state index is 12.4. The lowest BCUT2D eigenvalue weighted by atomic mass is 10.0. The first-order chi connectivity index (χ1) is 14.1. The fourth-order valence-electron chi connectivity index (χ4n) is 3.64. The Morgan fingerprint density at radius 3 is 2.52 bits per heavy atom. The van der Waals surface area contributed by atoms with Crippen molar-refractivity contribution in [3.05, 3.63) is 71.9 Å². The largest absolute Gasteiger partial charge is 0.382 e. The van der Waals surface area contributed by atoms with Gasteiger partial charge in [-0.2, -0.15) is 5.10 Å². The van der Waals surface area contributed by atoms with Crippen molar-refractivity contribution in [2.45, 2.75) is 18.8 Å². The molecule has 4 aromatic rings. The topological polar surface area (TPSA) is 85.8 Å². The number of carbonyl (C=O) groups excluding carboxylic acids is 1. The second-order valence-electron chi connectivity index (χ2n) is 7.47. The van der Waals surface area contributed by atoms with Crippen molar-refractivity contribution in [3.63, 3.8) is 0 Å². The number of hydrogen-bond donors (Lipinski definition) is 2. The lowest BCUT2D eigenvalue weighted by Crippen LogP contribution is -2.11. The zero-order valence-corrected chi connectivity index (χ0v) is 16.1. The van der Waals surface area contributed by atoms with Crippen molar-refractivity contribution in [3.8, 4) is 11.1 Å². The van der Waals surface area contributed by atoms with Crippen molar-refractivity contribution >= 4 is 28.4 Å². The lowest BCUT2D eigenvalue weighted by Gasteiger charge is -2.10. The molecule has 0 atom stereocenters. The molecule has 144 valence electrons. The molecule has 1 fully saturated rings. The van der Waals surface area contributed by atoms with Crippen molar-refractivity contribution in [1.82, 2.24) is 14.8 Å². The highest BCUT2D eigenvalue weighted by molar-refractivity contribution is 6.04. The average molecular weight is 383 g/mol. The molecule has 0 spiro atoms. The summed E-state index contributed by atoms with van der Waals surface area (Å²) < 4.78 is 1.74. The van der Waals surface area contributed by atoms with Gasteiger partial charge in [0.2, 0.25) is 0 Å². The molecule has 2 heterocycles. The number of nitrogens with two attached hydrogens (primary N) is 1. The number of rotatable bonds is 4. The molecule has 1 amide bonds. The van der Waals surface area contributed by atoms with Crippen LogP contribution in [-0.4, -0.2) is 20.7 Å². The summed E-state index contributed by atoms with van der Waals surface area (Å²) in [5.74, 6) is 0.879. The van der Waals surface area contributed by atoms with Crippen LogP contribution in [0.25, 0.3) is 22.2 Å². The maximum Gasteiger partial charge on any atom is 0.255 e. The highest BCUT2D eigenvalue weighted by atomic mass is 16.1. The predicted octanol–water partition coefficient (Wildman–Crippen LogP) is 4.35. The van der Waals surface area contributed by atoms with Gasteiger partial charge in [0.1, 0.15) is 0 Å². The number of benzene rings is 2. The Hall–Kier alpha value is -3.67. The van der Waals surface area contributed by atoms with Crippen LogP contribution in [0.5, 0.6) is 0 Å². The molecule has 1 saturated carbocycles. The van der Waals surface area contributed by atoms with E-state index in [1.807, 2.05) is 49.5 Å². The van der Waals surface area contributed by atoms with Crippen LogP contribution in [0.15, 0.2) is 60.7 Å². The number of nitrogen functional groups attached to an aromatic ring is 1. The zero-order chi connectivity index (χ0) is 20.0. The third-order valence-corrected chi connectivity index (χ3v) is 5.33. The van der Waals surface area contributed by atoms with E-state index in [1.165, 1.54) is 12.8 Å². The number of carbonyl (C=O) groups is 1. The molecule has 3 N–H and O–H groups in total. The Labute approximate surface area is 168 Å². The number of aryl methyl sites for hydroxylation is 1. The van der Waals surface area contributed by atoms with Gasteiger partial charge in [-0.1, -0.05) is 30.3 Å². The lowest BCUT2D eigenvalue weighted by molar-refractivity contribution is 0.102. The first-order valence-electron chi connectivity index (χ1n) is 9.70. The smallest absolute Gasteiger partial charge is 0.255 e. The molecule has 2 aromatic carbocycles. The number of pyridine rings is 1. The van der Waals surface area contributed by atoms with Gasteiger partial charge in [0.15, 0.2) is 11.5 Å². The number of hydrogen-bond acceptors (Lipinski definition) is 4. The van der Waals surface area contributed by atoms with E-state index in [2.05, 4.69) is 16.5 Å². The Morgan fingerprint density at radius 1 is 1.10 bits per heavy atom. The quantitative estimate of drug-likeness (QED) is 0.549. The van der Waals surface area contributed by atoms with Crippen LogP contribution in [-0.2, 0) is 7.05 Å². The summed E-state index contributed by atoms with van der Waals surface area (Å²) in [6.07, 6.45) is 2.35. The van der Waals surface area contributed by atoms with Crippen LogP contribution >= 0.6 is 0 Å². The Bertz CT molecular complexity index is 1210. The van der Waals surface area contributed by atoms with Crippen LogP contribution in [0.2, 0.25) is 0 Å². The van der Waals surface area contributed by atoms with Gasteiger partial charge in [-0.25, -0.2) is 9.67 Å².